The molecular weight excluding hydrogens is 269 g/mol. The van der Waals surface area contributed by atoms with Crippen LogP contribution in [0.3, 0.4) is 0 Å². The summed E-state index contributed by atoms with van der Waals surface area (Å²) < 4.78 is 1.99. The van der Waals surface area contributed by atoms with Crippen molar-refractivity contribution in [1.29, 1.82) is 0 Å². The lowest BCUT2D eigenvalue weighted by molar-refractivity contribution is 0.578. The maximum absolute atomic E-state index is 6.12. The van der Waals surface area contributed by atoms with Crippen molar-refractivity contribution in [3.63, 3.8) is 0 Å². The highest BCUT2D eigenvalue weighted by Crippen LogP contribution is 2.29. The van der Waals surface area contributed by atoms with Crippen LogP contribution in [0.4, 0.5) is 5.69 Å². The Hall–Kier alpha value is -1.19. The van der Waals surface area contributed by atoms with Crippen molar-refractivity contribution in [2.24, 2.45) is 0 Å². The van der Waals surface area contributed by atoms with Crippen molar-refractivity contribution in [1.82, 2.24) is 9.78 Å². The van der Waals surface area contributed by atoms with Crippen molar-refractivity contribution < 1.29 is 0 Å². The number of nitrogens with one attached hydrogen (secondary N) is 1. The normalized spacial score (nSPS) is 10.6. The van der Waals surface area contributed by atoms with Gasteiger partial charge in [-0.15, -0.1) is 0 Å². The maximum atomic E-state index is 6.12. The van der Waals surface area contributed by atoms with E-state index in [1.54, 1.807) is 6.07 Å². The summed E-state index contributed by atoms with van der Waals surface area (Å²) in [7, 11) is 0. The quantitative estimate of drug-likeness (QED) is 0.891. The molecule has 0 saturated carbocycles. The average Bonchev–Trinajstić information content (AvgIpc) is 2.79. The summed E-state index contributed by atoms with van der Waals surface area (Å²) in [5.74, 6) is 0. The van der Waals surface area contributed by atoms with Gasteiger partial charge in [0.05, 0.1) is 28.0 Å². The van der Waals surface area contributed by atoms with Gasteiger partial charge in [-0.25, -0.2) is 0 Å². The standard InChI is InChI=1S/C13H15Cl2N3/c1-2-8-18-10(6-7-17-18)9-16-12-5-3-4-11(14)13(12)15/h3-7,16H,2,8-9H2,1H3. The van der Waals surface area contributed by atoms with Crippen molar-refractivity contribution in [2.45, 2.75) is 26.4 Å². The van der Waals surface area contributed by atoms with E-state index in [-0.39, 0.29) is 0 Å². The number of rotatable bonds is 5. The fourth-order valence-electron chi connectivity index (χ4n) is 1.75. The monoisotopic (exact) mass is 283 g/mol. The molecule has 18 heavy (non-hydrogen) atoms. The first-order chi connectivity index (χ1) is 8.72. The predicted molar refractivity (Wildman–Crippen MR) is 76.3 cm³/mol. The molecule has 0 spiro atoms. The van der Waals surface area contributed by atoms with E-state index in [0.717, 1.165) is 24.3 Å². The fourth-order valence-corrected chi connectivity index (χ4v) is 2.12. The SMILES string of the molecule is CCCn1nccc1CNc1cccc(Cl)c1Cl. The Kier molecular flexibility index (Phi) is 4.50. The summed E-state index contributed by atoms with van der Waals surface area (Å²) in [6.45, 7) is 3.74. The Morgan fingerprint density at radius 3 is 2.89 bits per heavy atom. The van der Waals surface area contributed by atoms with Crippen molar-refractivity contribution >= 4 is 28.9 Å². The third-order valence-electron chi connectivity index (χ3n) is 2.65. The molecule has 1 heterocycles. The molecule has 1 N–H and O–H groups in total. The molecule has 0 aliphatic heterocycles. The smallest absolute Gasteiger partial charge is 0.0823 e. The number of halogens is 2. The highest BCUT2D eigenvalue weighted by Gasteiger charge is 2.05. The summed E-state index contributed by atoms with van der Waals surface area (Å²) in [4.78, 5) is 0. The Morgan fingerprint density at radius 2 is 2.11 bits per heavy atom. The van der Waals surface area contributed by atoms with E-state index >= 15 is 0 Å². The Balaban J connectivity index is 2.07. The lowest BCUT2D eigenvalue weighted by Gasteiger charge is -2.10. The van der Waals surface area contributed by atoms with Gasteiger partial charge < -0.3 is 5.32 Å². The number of aromatic nitrogens is 2. The molecule has 1 aromatic heterocycles. The topological polar surface area (TPSA) is 29.9 Å². The maximum Gasteiger partial charge on any atom is 0.0823 e. The second-order valence-electron chi connectivity index (χ2n) is 4.00. The third kappa shape index (κ3) is 2.98. The molecule has 0 bridgehead atoms. The Labute approximate surface area is 117 Å². The van der Waals surface area contributed by atoms with Crippen LogP contribution >= 0.6 is 23.2 Å². The largest absolute Gasteiger partial charge is 0.378 e. The number of benzene rings is 1. The van der Waals surface area contributed by atoms with Crippen molar-refractivity contribution in [3.8, 4) is 0 Å². The molecule has 0 saturated heterocycles. The Bertz CT molecular complexity index is 523. The highest BCUT2D eigenvalue weighted by atomic mass is 35.5. The minimum Gasteiger partial charge on any atom is -0.378 e. The molecule has 2 aromatic rings. The van der Waals surface area contributed by atoms with E-state index < -0.39 is 0 Å². The van der Waals surface area contributed by atoms with E-state index in [0.29, 0.717) is 16.6 Å². The van der Waals surface area contributed by atoms with Gasteiger partial charge in [0.25, 0.3) is 0 Å². The number of aryl methyl sites for hydroxylation is 1. The predicted octanol–water partition coefficient (Wildman–Crippen LogP) is 4.21. The van der Waals surface area contributed by atoms with Gasteiger partial charge in [0.1, 0.15) is 0 Å². The van der Waals surface area contributed by atoms with Gasteiger partial charge in [-0.2, -0.15) is 5.10 Å². The second-order valence-corrected chi connectivity index (χ2v) is 4.79. The van der Waals surface area contributed by atoms with Gasteiger partial charge in [0, 0.05) is 12.7 Å². The highest BCUT2D eigenvalue weighted by molar-refractivity contribution is 6.43. The van der Waals surface area contributed by atoms with Gasteiger partial charge in [-0.1, -0.05) is 36.2 Å². The molecular formula is C13H15Cl2N3. The molecule has 0 amide bonds. The van der Waals surface area contributed by atoms with Crippen LogP contribution in [0, 0.1) is 0 Å². The van der Waals surface area contributed by atoms with E-state index in [2.05, 4.69) is 17.3 Å². The molecule has 96 valence electrons. The summed E-state index contributed by atoms with van der Waals surface area (Å²) >= 11 is 12.1. The van der Waals surface area contributed by atoms with Gasteiger partial charge >= 0.3 is 0 Å². The van der Waals surface area contributed by atoms with Crippen LogP contribution in [0.1, 0.15) is 19.0 Å². The van der Waals surface area contributed by atoms with E-state index in [1.807, 2.05) is 29.1 Å². The van der Waals surface area contributed by atoms with Crippen LogP contribution in [0.2, 0.25) is 10.0 Å². The molecule has 2 rings (SSSR count). The van der Waals surface area contributed by atoms with E-state index in [9.17, 15) is 0 Å². The van der Waals surface area contributed by atoms with Crippen LogP contribution in [-0.2, 0) is 13.1 Å². The summed E-state index contributed by atoms with van der Waals surface area (Å²) in [5, 5.41) is 8.67. The molecule has 0 fully saturated rings. The first kappa shape index (κ1) is 13.2. The summed E-state index contributed by atoms with van der Waals surface area (Å²) in [5.41, 5.74) is 1.97. The van der Waals surface area contributed by atoms with Crippen LogP contribution in [0.15, 0.2) is 30.5 Å². The average molecular weight is 284 g/mol. The lowest BCUT2D eigenvalue weighted by atomic mass is 10.3. The summed E-state index contributed by atoms with van der Waals surface area (Å²) in [6, 6.07) is 7.56. The zero-order chi connectivity index (χ0) is 13.0. The van der Waals surface area contributed by atoms with Crippen LogP contribution in [-0.4, -0.2) is 9.78 Å². The van der Waals surface area contributed by atoms with Gasteiger partial charge in [-0.3, -0.25) is 4.68 Å². The Morgan fingerprint density at radius 1 is 1.28 bits per heavy atom. The molecule has 0 atom stereocenters. The molecule has 5 heteroatoms. The van der Waals surface area contributed by atoms with Crippen molar-refractivity contribution in [3.05, 3.63) is 46.2 Å². The molecule has 0 aliphatic carbocycles. The lowest BCUT2D eigenvalue weighted by Crippen LogP contribution is -2.09. The number of hydrogen-bond donors (Lipinski definition) is 1. The number of anilines is 1. The molecule has 3 nitrogen and oxygen atoms in total. The fraction of sp³-hybridized carbons (Fsp3) is 0.308. The molecule has 0 aliphatic rings. The third-order valence-corrected chi connectivity index (χ3v) is 3.47. The minimum atomic E-state index is 0.556. The van der Waals surface area contributed by atoms with Crippen LogP contribution < -0.4 is 5.32 Å². The molecule has 0 radical (unpaired) electrons. The van der Waals surface area contributed by atoms with Gasteiger partial charge in [0.15, 0.2) is 0 Å². The zero-order valence-electron chi connectivity index (χ0n) is 10.2. The van der Waals surface area contributed by atoms with E-state index in [4.69, 9.17) is 23.2 Å². The zero-order valence-corrected chi connectivity index (χ0v) is 11.7. The first-order valence-corrected chi connectivity index (χ1v) is 6.66. The van der Waals surface area contributed by atoms with Crippen molar-refractivity contribution in [2.75, 3.05) is 5.32 Å². The number of nitrogens with zero attached hydrogens (tertiary/aromatic N) is 2. The second kappa shape index (κ2) is 6.12. The number of hydrogen-bond acceptors (Lipinski definition) is 2. The van der Waals surface area contributed by atoms with Gasteiger partial charge in [0.2, 0.25) is 0 Å². The van der Waals surface area contributed by atoms with Crippen LogP contribution in [0.5, 0.6) is 0 Å². The van der Waals surface area contributed by atoms with Crippen LogP contribution in [0.25, 0.3) is 0 Å². The van der Waals surface area contributed by atoms with Gasteiger partial charge in [-0.05, 0) is 24.6 Å². The van der Waals surface area contributed by atoms with E-state index in [1.165, 1.54) is 0 Å². The minimum absolute atomic E-state index is 0.556. The molecule has 0 unspecified atom stereocenters. The molecule has 1 aromatic carbocycles. The first-order valence-electron chi connectivity index (χ1n) is 5.91. The summed E-state index contributed by atoms with van der Waals surface area (Å²) in [6.07, 6.45) is 2.87.